The number of rotatable bonds is 3. The van der Waals surface area contributed by atoms with Crippen molar-refractivity contribution >= 4 is 5.91 Å². The van der Waals surface area contributed by atoms with Crippen LogP contribution in [-0.4, -0.2) is 52.0 Å². The summed E-state index contributed by atoms with van der Waals surface area (Å²) < 4.78 is 5.30. The second-order valence-electron chi connectivity index (χ2n) is 5.46. The summed E-state index contributed by atoms with van der Waals surface area (Å²) in [5.41, 5.74) is 0. The van der Waals surface area contributed by atoms with Gasteiger partial charge in [-0.05, 0) is 19.3 Å². The molecule has 2 aliphatic rings. The Morgan fingerprint density at radius 1 is 1.32 bits per heavy atom. The number of amides is 1. The minimum absolute atomic E-state index is 0.163. The van der Waals surface area contributed by atoms with Crippen molar-refractivity contribution in [2.45, 2.75) is 38.6 Å². The zero-order valence-electron chi connectivity index (χ0n) is 11.3. The fourth-order valence-corrected chi connectivity index (χ4v) is 2.47. The van der Waals surface area contributed by atoms with Crippen LogP contribution in [0.25, 0.3) is 0 Å². The largest absolute Gasteiger partial charge is 0.342 e. The molecule has 6 heteroatoms. The zero-order chi connectivity index (χ0) is 13.2. The van der Waals surface area contributed by atoms with Crippen LogP contribution in [0.15, 0.2) is 4.52 Å². The molecule has 1 aromatic rings. The van der Waals surface area contributed by atoms with E-state index >= 15 is 0 Å². The quantitative estimate of drug-likeness (QED) is 0.815. The van der Waals surface area contributed by atoms with Gasteiger partial charge in [-0.25, -0.2) is 0 Å². The summed E-state index contributed by atoms with van der Waals surface area (Å²) in [6.07, 6.45) is 3.38. The molecule has 1 saturated heterocycles. The summed E-state index contributed by atoms with van der Waals surface area (Å²) in [6, 6.07) is 0. The lowest BCUT2D eigenvalue weighted by Gasteiger charge is -2.19. The van der Waals surface area contributed by atoms with Crippen molar-refractivity contribution in [3.63, 3.8) is 0 Å². The minimum atomic E-state index is 0.163. The van der Waals surface area contributed by atoms with Gasteiger partial charge >= 0.3 is 0 Å². The number of hydrogen-bond acceptors (Lipinski definition) is 5. The van der Waals surface area contributed by atoms with E-state index in [4.69, 9.17) is 4.52 Å². The third-order valence-electron chi connectivity index (χ3n) is 3.82. The minimum Gasteiger partial charge on any atom is -0.342 e. The molecule has 1 aliphatic heterocycles. The molecule has 2 fully saturated rings. The predicted molar refractivity (Wildman–Crippen MR) is 68.4 cm³/mol. The summed E-state index contributed by atoms with van der Waals surface area (Å²) in [4.78, 5) is 20.0. The van der Waals surface area contributed by atoms with E-state index in [9.17, 15) is 4.79 Å². The number of carbonyl (C=O) groups is 1. The molecular weight excluding hydrogens is 244 g/mol. The van der Waals surface area contributed by atoms with Gasteiger partial charge < -0.3 is 9.42 Å². The second kappa shape index (κ2) is 5.28. The molecule has 0 radical (unpaired) electrons. The average molecular weight is 264 g/mol. The van der Waals surface area contributed by atoms with Gasteiger partial charge in [0.25, 0.3) is 0 Å². The van der Waals surface area contributed by atoms with Gasteiger partial charge in [0.2, 0.25) is 11.8 Å². The van der Waals surface area contributed by atoms with Crippen LogP contribution >= 0.6 is 0 Å². The Morgan fingerprint density at radius 2 is 2.16 bits per heavy atom. The molecule has 0 atom stereocenters. The van der Waals surface area contributed by atoms with Gasteiger partial charge in [-0.2, -0.15) is 4.98 Å². The van der Waals surface area contributed by atoms with Gasteiger partial charge in [0.1, 0.15) is 0 Å². The van der Waals surface area contributed by atoms with E-state index in [2.05, 4.69) is 15.0 Å². The lowest BCUT2D eigenvalue weighted by Crippen LogP contribution is -2.33. The van der Waals surface area contributed by atoms with E-state index in [-0.39, 0.29) is 5.91 Å². The van der Waals surface area contributed by atoms with E-state index < -0.39 is 0 Å². The van der Waals surface area contributed by atoms with Gasteiger partial charge in [0.05, 0.1) is 6.54 Å². The summed E-state index contributed by atoms with van der Waals surface area (Å²) in [7, 11) is 0. The standard InChI is InChI=1S/C13H20N4O2/c1-10(18)17-6-2-5-16(7-8-17)9-12-14-13(15-19-12)11-3-4-11/h11H,2-9H2,1H3. The molecule has 2 heterocycles. The van der Waals surface area contributed by atoms with Crippen molar-refractivity contribution in [1.29, 1.82) is 0 Å². The first-order valence-electron chi connectivity index (χ1n) is 7.03. The molecule has 0 aromatic carbocycles. The van der Waals surface area contributed by atoms with Crippen molar-refractivity contribution < 1.29 is 9.32 Å². The molecule has 104 valence electrons. The fraction of sp³-hybridized carbons (Fsp3) is 0.769. The maximum Gasteiger partial charge on any atom is 0.240 e. The van der Waals surface area contributed by atoms with E-state index in [1.807, 2.05) is 4.90 Å². The molecule has 6 nitrogen and oxygen atoms in total. The molecule has 1 amide bonds. The average Bonchev–Trinajstić information content (AvgIpc) is 3.16. The second-order valence-corrected chi connectivity index (χ2v) is 5.46. The van der Waals surface area contributed by atoms with Gasteiger partial charge in [-0.3, -0.25) is 9.69 Å². The molecule has 0 spiro atoms. The Bertz CT molecular complexity index is 455. The fourth-order valence-electron chi connectivity index (χ4n) is 2.47. The van der Waals surface area contributed by atoms with Crippen LogP contribution in [0.3, 0.4) is 0 Å². The lowest BCUT2D eigenvalue weighted by molar-refractivity contribution is -0.128. The zero-order valence-corrected chi connectivity index (χ0v) is 11.3. The molecular formula is C13H20N4O2. The molecule has 1 saturated carbocycles. The van der Waals surface area contributed by atoms with E-state index in [1.165, 1.54) is 12.8 Å². The Labute approximate surface area is 112 Å². The highest BCUT2D eigenvalue weighted by Gasteiger charge is 2.29. The highest BCUT2D eigenvalue weighted by atomic mass is 16.5. The first-order valence-corrected chi connectivity index (χ1v) is 7.03. The molecule has 0 unspecified atom stereocenters. The van der Waals surface area contributed by atoms with E-state index in [0.29, 0.717) is 18.4 Å². The van der Waals surface area contributed by atoms with Crippen LogP contribution in [0.4, 0.5) is 0 Å². The third-order valence-corrected chi connectivity index (χ3v) is 3.82. The van der Waals surface area contributed by atoms with Crippen molar-refractivity contribution in [3.8, 4) is 0 Å². The molecule has 0 bridgehead atoms. The first kappa shape index (κ1) is 12.6. The SMILES string of the molecule is CC(=O)N1CCCN(Cc2nc(C3CC3)no2)CC1. The van der Waals surface area contributed by atoms with E-state index in [1.54, 1.807) is 6.92 Å². The molecule has 0 N–H and O–H groups in total. The van der Waals surface area contributed by atoms with Gasteiger partial charge in [-0.1, -0.05) is 5.16 Å². The Balaban J connectivity index is 1.55. The first-order chi connectivity index (χ1) is 9.22. The molecule has 19 heavy (non-hydrogen) atoms. The van der Waals surface area contributed by atoms with Crippen LogP contribution in [0.1, 0.15) is 43.8 Å². The Kier molecular flexibility index (Phi) is 3.50. The van der Waals surface area contributed by atoms with Crippen molar-refractivity contribution in [1.82, 2.24) is 19.9 Å². The molecule has 3 rings (SSSR count). The van der Waals surface area contributed by atoms with Crippen LogP contribution in [0.5, 0.6) is 0 Å². The molecule has 1 aromatic heterocycles. The van der Waals surface area contributed by atoms with Crippen molar-refractivity contribution in [2.24, 2.45) is 0 Å². The summed E-state index contributed by atoms with van der Waals surface area (Å²) >= 11 is 0. The summed E-state index contributed by atoms with van der Waals surface area (Å²) in [6.45, 7) is 5.83. The van der Waals surface area contributed by atoms with Gasteiger partial charge in [0, 0.05) is 39.0 Å². The topological polar surface area (TPSA) is 62.5 Å². The van der Waals surface area contributed by atoms with Crippen LogP contribution < -0.4 is 0 Å². The van der Waals surface area contributed by atoms with Crippen LogP contribution in [-0.2, 0) is 11.3 Å². The predicted octanol–water partition coefficient (Wildman–Crippen LogP) is 1.00. The highest BCUT2D eigenvalue weighted by Crippen LogP contribution is 2.38. The highest BCUT2D eigenvalue weighted by molar-refractivity contribution is 5.73. The van der Waals surface area contributed by atoms with Crippen LogP contribution in [0.2, 0.25) is 0 Å². The number of carbonyl (C=O) groups excluding carboxylic acids is 1. The van der Waals surface area contributed by atoms with Gasteiger partial charge in [0.15, 0.2) is 5.82 Å². The Hall–Kier alpha value is -1.43. The van der Waals surface area contributed by atoms with Crippen LogP contribution in [0, 0.1) is 0 Å². The maximum absolute atomic E-state index is 11.4. The lowest BCUT2D eigenvalue weighted by atomic mass is 10.3. The van der Waals surface area contributed by atoms with Crippen molar-refractivity contribution in [3.05, 3.63) is 11.7 Å². The third kappa shape index (κ3) is 3.12. The van der Waals surface area contributed by atoms with Crippen molar-refractivity contribution in [2.75, 3.05) is 26.2 Å². The van der Waals surface area contributed by atoms with Gasteiger partial charge in [-0.15, -0.1) is 0 Å². The Morgan fingerprint density at radius 3 is 2.89 bits per heavy atom. The monoisotopic (exact) mass is 264 g/mol. The number of aromatic nitrogens is 2. The molecule has 1 aliphatic carbocycles. The normalized spacial score (nSPS) is 21.4. The summed E-state index contributed by atoms with van der Waals surface area (Å²) in [5.74, 6) is 2.28. The van der Waals surface area contributed by atoms with E-state index in [0.717, 1.165) is 38.4 Å². The maximum atomic E-state index is 11.4. The summed E-state index contributed by atoms with van der Waals surface area (Å²) in [5, 5.41) is 4.03. The number of hydrogen-bond donors (Lipinski definition) is 0. The smallest absolute Gasteiger partial charge is 0.240 e. The number of nitrogens with zero attached hydrogens (tertiary/aromatic N) is 4.